The molecule has 0 saturated carbocycles. The van der Waals surface area contributed by atoms with Crippen molar-refractivity contribution in [1.82, 2.24) is 5.32 Å². The normalized spacial score (nSPS) is 13.6. The Bertz CT molecular complexity index is 405. The molecule has 1 unspecified atom stereocenters. The van der Waals surface area contributed by atoms with Gasteiger partial charge in [0.1, 0.15) is 9.84 Å². The minimum absolute atomic E-state index is 0.00427. The summed E-state index contributed by atoms with van der Waals surface area (Å²) in [6.07, 6.45) is 1.23. The van der Waals surface area contributed by atoms with E-state index >= 15 is 0 Å². The van der Waals surface area contributed by atoms with Crippen LogP contribution >= 0.6 is 11.6 Å². The van der Waals surface area contributed by atoms with Crippen molar-refractivity contribution in [1.29, 1.82) is 0 Å². The minimum Gasteiger partial charge on any atom is -0.308 e. The topological polar surface area (TPSA) is 46.2 Å². The smallest absolute Gasteiger partial charge is 0.148 e. The van der Waals surface area contributed by atoms with Crippen LogP contribution in [0, 0.1) is 0 Å². The predicted octanol–water partition coefficient (Wildman–Crippen LogP) is 1.60. The molecule has 0 aliphatic carbocycles. The van der Waals surface area contributed by atoms with E-state index in [-0.39, 0.29) is 11.8 Å². The number of hydrogen-bond donors (Lipinski definition) is 1. The lowest BCUT2D eigenvalue weighted by atomic mass is 10.1. The molecule has 0 aromatic heterocycles. The van der Waals surface area contributed by atoms with E-state index < -0.39 is 9.84 Å². The Hall–Kier alpha value is -0.580. The van der Waals surface area contributed by atoms with Gasteiger partial charge in [0.25, 0.3) is 0 Å². The Balaban J connectivity index is 2.51. The van der Waals surface area contributed by atoms with Crippen LogP contribution in [-0.4, -0.2) is 32.9 Å². The van der Waals surface area contributed by atoms with E-state index in [1.807, 2.05) is 30.3 Å². The number of halogens is 1. The molecule has 1 aromatic rings. The summed E-state index contributed by atoms with van der Waals surface area (Å²) in [7, 11) is -2.92. The summed E-state index contributed by atoms with van der Waals surface area (Å²) < 4.78 is 21.9. The lowest BCUT2D eigenvalue weighted by Crippen LogP contribution is -2.28. The Kier molecular flexibility index (Phi) is 5.25. The van der Waals surface area contributed by atoms with Crippen LogP contribution in [0.25, 0.3) is 0 Å². The highest BCUT2D eigenvalue weighted by atomic mass is 35.5. The summed E-state index contributed by atoms with van der Waals surface area (Å²) in [6, 6.07) is 9.76. The van der Waals surface area contributed by atoms with E-state index in [1.165, 1.54) is 6.26 Å². The Morgan fingerprint density at radius 1 is 1.31 bits per heavy atom. The van der Waals surface area contributed by atoms with E-state index in [4.69, 9.17) is 11.6 Å². The van der Waals surface area contributed by atoms with Crippen molar-refractivity contribution in [2.45, 2.75) is 6.04 Å². The fraction of sp³-hybridized carbons (Fsp3) is 0.455. The van der Waals surface area contributed by atoms with Crippen molar-refractivity contribution < 1.29 is 8.42 Å². The first-order chi connectivity index (χ1) is 7.53. The van der Waals surface area contributed by atoms with E-state index in [0.29, 0.717) is 12.4 Å². The summed E-state index contributed by atoms with van der Waals surface area (Å²) in [5.74, 6) is 0.557. The molecule has 0 radical (unpaired) electrons. The fourth-order valence-electron chi connectivity index (χ4n) is 1.37. The van der Waals surface area contributed by atoms with Gasteiger partial charge in [-0.1, -0.05) is 30.3 Å². The average molecular weight is 262 g/mol. The number of benzene rings is 1. The Morgan fingerprint density at radius 2 is 1.94 bits per heavy atom. The van der Waals surface area contributed by atoms with Crippen LogP contribution in [0.5, 0.6) is 0 Å². The molecule has 0 bridgehead atoms. The lowest BCUT2D eigenvalue weighted by molar-refractivity contribution is 0.578. The second-order valence-electron chi connectivity index (χ2n) is 3.70. The summed E-state index contributed by atoms with van der Waals surface area (Å²) in [5, 5.41) is 3.13. The second-order valence-corrected chi connectivity index (χ2v) is 6.27. The van der Waals surface area contributed by atoms with Crippen LogP contribution in [0.1, 0.15) is 11.6 Å². The maximum atomic E-state index is 11.0. The summed E-state index contributed by atoms with van der Waals surface area (Å²) in [5.41, 5.74) is 1.08. The quantitative estimate of drug-likeness (QED) is 0.792. The van der Waals surface area contributed by atoms with Crippen molar-refractivity contribution in [2.24, 2.45) is 0 Å². The van der Waals surface area contributed by atoms with Crippen molar-refractivity contribution in [3.8, 4) is 0 Å². The third-order valence-corrected chi connectivity index (χ3v) is 3.47. The molecule has 0 fully saturated rings. The van der Waals surface area contributed by atoms with Crippen molar-refractivity contribution in [3.63, 3.8) is 0 Å². The first-order valence-electron chi connectivity index (χ1n) is 5.05. The van der Waals surface area contributed by atoms with Gasteiger partial charge >= 0.3 is 0 Å². The molecule has 1 aromatic carbocycles. The first kappa shape index (κ1) is 13.5. The predicted molar refractivity (Wildman–Crippen MR) is 67.6 cm³/mol. The van der Waals surface area contributed by atoms with E-state index in [1.54, 1.807) is 0 Å². The maximum Gasteiger partial charge on any atom is 0.148 e. The molecule has 1 rings (SSSR count). The van der Waals surface area contributed by atoms with Gasteiger partial charge in [0.2, 0.25) is 0 Å². The van der Waals surface area contributed by atoms with Gasteiger partial charge in [-0.2, -0.15) is 0 Å². The molecule has 1 N–H and O–H groups in total. The van der Waals surface area contributed by atoms with E-state index in [0.717, 1.165) is 5.56 Å². The number of hydrogen-bond acceptors (Lipinski definition) is 3. The highest BCUT2D eigenvalue weighted by Crippen LogP contribution is 2.13. The summed E-state index contributed by atoms with van der Waals surface area (Å²) in [4.78, 5) is 0. The molecule has 0 aliphatic heterocycles. The van der Waals surface area contributed by atoms with E-state index in [2.05, 4.69) is 5.32 Å². The van der Waals surface area contributed by atoms with Gasteiger partial charge < -0.3 is 5.32 Å². The van der Waals surface area contributed by atoms with Gasteiger partial charge in [-0.25, -0.2) is 8.42 Å². The third kappa shape index (κ3) is 4.96. The first-order valence-corrected chi connectivity index (χ1v) is 7.64. The van der Waals surface area contributed by atoms with Crippen LogP contribution in [0.2, 0.25) is 0 Å². The van der Waals surface area contributed by atoms with Crippen molar-refractivity contribution in [3.05, 3.63) is 35.9 Å². The lowest BCUT2D eigenvalue weighted by Gasteiger charge is -2.15. The average Bonchev–Trinajstić information content (AvgIpc) is 2.24. The molecule has 16 heavy (non-hydrogen) atoms. The number of sulfone groups is 1. The Labute approximate surface area is 102 Å². The molecule has 3 nitrogen and oxygen atoms in total. The van der Waals surface area contributed by atoms with Crippen LogP contribution in [0.4, 0.5) is 0 Å². The molecule has 5 heteroatoms. The Morgan fingerprint density at radius 3 is 2.44 bits per heavy atom. The molecule has 90 valence electrons. The largest absolute Gasteiger partial charge is 0.308 e. The van der Waals surface area contributed by atoms with E-state index in [9.17, 15) is 8.42 Å². The van der Waals surface area contributed by atoms with Crippen molar-refractivity contribution in [2.75, 3.05) is 24.4 Å². The molecule has 0 amide bonds. The molecule has 1 atom stereocenters. The fourth-order valence-corrected chi connectivity index (χ4v) is 2.14. The van der Waals surface area contributed by atoms with Crippen LogP contribution in [-0.2, 0) is 9.84 Å². The highest BCUT2D eigenvalue weighted by Gasteiger charge is 2.10. The number of rotatable bonds is 6. The molecular weight excluding hydrogens is 246 g/mol. The van der Waals surface area contributed by atoms with Crippen molar-refractivity contribution >= 4 is 21.4 Å². The van der Waals surface area contributed by atoms with Gasteiger partial charge in [0.15, 0.2) is 0 Å². The zero-order valence-corrected chi connectivity index (χ0v) is 10.8. The standard InChI is InChI=1S/C11H16ClNO2S/c1-16(14,15)8-7-13-11(9-12)10-5-3-2-4-6-10/h2-6,11,13H,7-9H2,1H3. The third-order valence-electron chi connectivity index (χ3n) is 2.22. The molecule has 0 spiro atoms. The molecular formula is C11H16ClNO2S. The SMILES string of the molecule is CS(=O)(=O)CCNC(CCl)c1ccccc1. The highest BCUT2D eigenvalue weighted by molar-refractivity contribution is 7.90. The van der Waals surface area contributed by atoms with Crippen LogP contribution in [0.3, 0.4) is 0 Å². The summed E-state index contributed by atoms with van der Waals surface area (Å²) >= 11 is 5.84. The molecule has 0 heterocycles. The van der Waals surface area contributed by atoms with Gasteiger partial charge in [0.05, 0.1) is 5.75 Å². The van der Waals surface area contributed by atoms with Gasteiger partial charge in [-0.05, 0) is 5.56 Å². The zero-order chi connectivity index (χ0) is 12.0. The zero-order valence-electron chi connectivity index (χ0n) is 9.19. The van der Waals surface area contributed by atoms with Crippen LogP contribution in [0.15, 0.2) is 30.3 Å². The van der Waals surface area contributed by atoms with Gasteiger partial charge in [-0.3, -0.25) is 0 Å². The van der Waals surface area contributed by atoms with Gasteiger partial charge in [0, 0.05) is 24.7 Å². The van der Waals surface area contributed by atoms with Gasteiger partial charge in [-0.15, -0.1) is 11.6 Å². The second kappa shape index (κ2) is 6.23. The number of nitrogens with one attached hydrogen (secondary N) is 1. The molecule has 0 saturated heterocycles. The molecule has 0 aliphatic rings. The monoisotopic (exact) mass is 261 g/mol. The van der Waals surface area contributed by atoms with Crippen LogP contribution < -0.4 is 5.32 Å². The number of alkyl halides is 1. The summed E-state index contributed by atoms with van der Waals surface area (Å²) in [6.45, 7) is 0.422. The minimum atomic E-state index is -2.92. The maximum absolute atomic E-state index is 11.0.